The van der Waals surface area contributed by atoms with Gasteiger partial charge in [-0.15, -0.1) is 35.3 Å². The lowest BCUT2D eigenvalue weighted by atomic mass is 10.3. The molecule has 3 aromatic rings. The second-order valence-electron chi connectivity index (χ2n) is 6.83. The molecule has 0 aliphatic heterocycles. The molecule has 0 saturated carbocycles. The van der Waals surface area contributed by atoms with Gasteiger partial charge in [0.1, 0.15) is 9.88 Å². The van der Waals surface area contributed by atoms with E-state index in [-0.39, 0.29) is 36.0 Å². The first-order valence-electron chi connectivity index (χ1n) is 10.0. The van der Waals surface area contributed by atoms with E-state index in [1.165, 1.54) is 11.3 Å². The Morgan fingerprint density at radius 1 is 1.35 bits per heavy atom. The summed E-state index contributed by atoms with van der Waals surface area (Å²) in [5.41, 5.74) is 2.85. The van der Waals surface area contributed by atoms with Crippen LogP contribution in [-0.4, -0.2) is 46.7 Å². The zero-order valence-electron chi connectivity index (χ0n) is 18.2. The second kappa shape index (κ2) is 12.0. The standard InChI is InChI=1S/C21H28N6O2S.HI/c1-5-29-20(28)18-14(2)25-19(30-18)15(3)26-21(22-4)23-11-8-12-27-13-24-16-9-6-7-10-17(16)27;/h6-7,9-10,13,15H,5,8,11-12H2,1-4H3,(H2,22,23,26);1H. The quantitative estimate of drug-likeness (QED) is 0.144. The van der Waals surface area contributed by atoms with E-state index in [1.807, 2.05) is 38.4 Å². The van der Waals surface area contributed by atoms with Gasteiger partial charge in [0.15, 0.2) is 5.96 Å². The maximum absolute atomic E-state index is 12.0. The Hall–Kier alpha value is -2.21. The Labute approximate surface area is 203 Å². The molecular formula is C21H29IN6O2S. The number of aliphatic imine (C=N–C) groups is 1. The fourth-order valence-electron chi connectivity index (χ4n) is 3.09. The minimum absolute atomic E-state index is 0. The molecule has 10 heteroatoms. The van der Waals surface area contributed by atoms with Gasteiger partial charge in [-0.05, 0) is 39.3 Å². The molecule has 0 spiro atoms. The summed E-state index contributed by atoms with van der Waals surface area (Å²) >= 11 is 1.35. The molecule has 0 amide bonds. The van der Waals surface area contributed by atoms with E-state index in [2.05, 4.69) is 36.2 Å². The maximum Gasteiger partial charge on any atom is 0.350 e. The van der Waals surface area contributed by atoms with E-state index in [1.54, 1.807) is 14.0 Å². The van der Waals surface area contributed by atoms with Crippen molar-refractivity contribution in [1.82, 2.24) is 25.2 Å². The third-order valence-corrected chi connectivity index (χ3v) is 5.94. The fraction of sp³-hybridized carbons (Fsp3) is 0.429. The van der Waals surface area contributed by atoms with Crippen LogP contribution < -0.4 is 10.6 Å². The first-order valence-corrected chi connectivity index (χ1v) is 10.9. The van der Waals surface area contributed by atoms with Crippen molar-refractivity contribution in [3.8, 4) is 0 Å². The number of esters is 1. The molecule has 8 nitrogen and oxygen atoms in total. The van der Waals surface area contributed by atoms with Crippen molar-refractivity contribution in [2.45, 2.75) is 39.8 Å². The molecule has 1 unspecified atom stereocenters. The van der Waals surface area contributed by atoms with Gasteiger partial charge in [-0.1, -0.05) is 12.1 Å². The van der Waals surface area contributed by atoms with Crippen molar-refractivity contribution in [3.05, 3.63) is 46.2 Å². The fourth-order valence-corrected chi connectivity index (χ4v) is 4.06. The van der Waals surface area contributed by atoms with E-state index in [0.29, 0.717) is 23.1 Å². The number of carbonyl (C=O) groups excluding carboxylic acids is 1. The average Bonchev–Trinajstić information content (AvgIpc) is 3.34. The molecule has 2 aromatic heterocycles. The smallest absolute Gasteiger partial charge is 0.350 e. The van der Waals surface area contributed by atoms with Crippen LogP contribution >= 0.6 is 35.3 Å². The highest BCUT2D eigenvalue weighted by Gasteiger charge is 2.20. The number of halogens is 1. The number of hydrogen-bond donors (Lipinski definition) is 2. The van der Waals surface area contributed by atoms with E-state index in [9.17, 15) is 4.79 Å². The zero-order valence-corrected chi connectivity index (χ0v) is 21.4. The number of ether oxygens (including phenoxy) is 1. The van der Waals surface area contributed by atoms with Gasteiger partial charge in [0.25, 0.3) is 0 Å². The Morgan fingerprint density at radius 2 is 2.13 bits per heavy atom. The number of aryl methyl sites for hydroxylation is 2. The SMILES string of the molecule is CCOC(=O)c1sc(C(C)NC(=NC)NCCCn2cnc3ccccc32)nc1C.I. The lowest BCUT2D eigenvalue weighted by Crippen LogP contribution is -2.39. The first kappa shape index (κ1) is 25.1. The highest BCUT2D eigenvalue weighted by atomic mass is 127. The number of para-hydroxylation sites is 2. The lowest BCUT2D eigenvalue weighted by Gasteiger charge is -2.16. The van der Waals surface area contributed by atoms with E-state index < -0.39 is 0 Å². The van der Waals surface area contributed by atoms with Gasteiger partial charge in [-0.2, -0.15) is 0 Å². The minimum atomic E-state index is -0.319. The van der Waals surface area contributed by atoms with Crippen molar-refractivity contribution in [3.63, 3.8) is 0 Å². The summed E-state index contributed by atoms with van der Waals surface area (Å²) in [7, 11) is 1.74. The van der Waals surface area contributed by atoms with Crippen molar-refractivity contribution in [2.24, 2.45) is 4.99 Å². The number of rotatable bonds is 8. The Kier molecular flexibility index (Phi) is 9.69. The highest BCUT2D eigenvalue weighted by molar-refractivity contribution is 14.0. The molecule has 1 atom stereocenters. The van der Waals surface area contributed by atoms with Crippen molar-refractivity contribution in [1.29, 1.82) is 0 Å². The number of fused-ring (bicyclic) bond motifs is 1. The van der Waals surface area contributed by atoms with Crippen LogP contribution in [0.5, 0.6) is 0 Å². The average molecular weight is 556 g/mol. The number of aromatic nitrogens is 3. The normalized spacial score (nSPS) is 12.3. The summed E-state index contributed by atoms with van der Waals surface area (Å²) in [5.74, 6) is 0.379. The number of hydrogen-bond acceptors (Lipinski definition) is 6. The van der Waals surface area contributed by atoms with Gasteiger partial charge in [0.05, 0.1) is 35.7 Å². The van der Waals surface area contributed by atoms with Crippen LogP contribution in [0, 0.1) is 6.92 Å². The zero-order chi connectivity index (χ0) is 21.5. The van der Waals surface area contributed by atoms with Crippen LogP contribution in [0.4, 0.5) is 0 Å². The predicted molar refractivity (Wildman–Crippen MR) is 135 cm³/mol. The second-order valence-corrected chi connectivity index (χ2v) is 7.86. The molecule has 0 saturated heterocycles. The molecule has 31 heavy (non-hydrogen) atoms. The minimum Gasteiger partial charge on any atom is -0.462 e. The van der Waals surface area contributed by atoms with Crippen LogP contribution in [-0.2, 0) is 11.3 Å². The summed E-state index contributed by atoms with van der Waals surface area (Å²) in [5, 5.41) is 7.49. The molecule has 168 valence electrons. The number of guanidine groups is 1. The van der Waals surface area contributed by atoms with Crippen LogP contribution in [0.15, 0.2) is 35.6 Å². The molecule has 0 bridgehead atoms. The van der Waals surface area contributed by atoms with Crippen molar-refractivity contribution >= 4 is 58.3 Å². The Balaban J connectivity index is 0.00000341. The van der Waals surface area contributed by atoms with E-state index >= 15 is 0 Å². The molecule has 1 aromatic carbocycles. The van der Waals surface area contributed by atoms with Crippen LogP contribution in [0.3, 0.4) is 0 Å². The largest absolute Gasteiger partial charge is 0.462 e. The molecule has 3 rings (SSSR count). The number of imidazole rings is 1. The number of nitrogens with zero attached hydrogens (tertiary/aromatic N) is 4. The number of thiazole rings is 1. The van der Waals surface area contributed by atoms with Crippen molar-refractivity contribution in [2.75, 3.05) is 20.2 Å². The van der Waals surface area contributed by atoms with E-state index in [0.717, 1.165) is 35.6 Å². The summed E-state index contributed by atoms with van der Waals surface area (Å²) in [6, 6.07) is 8.04. The number of nitrogens with one attached hydrogen (secondary N) is 2. The molecule has 0 aliphatic carbocycles. The third kappa shape index (κ3) is 6.39. The van der Waals surface area contributed by atoms with Gasteiger partial charge < -0.3 is 19.9 Å². The Bertz CT molecular complexity index is 1030. The summed E-state index contributed by atoms with van der Waals surface area (Å²) in [4.78, 5) is 25.8. The summed E-state index contributed by atoms with van der Waals surface area (Å²) < 4.78 is 7.25. The van der Waals surface area contributed by atoms with Crippen LogP contribution in [0.25, 0.3) is 11.0 Å². The molecule has 0 fully saturated rings. The number of carbonyl (C=O) groups is 1. The van der Waals surface area contributed by atoms with E-state index in [4.69, 9.17) is 4.74 Å². The van der Waals surface area contributed by atoms with Gasteiger partial charge >= 0.3 is 5.97 Å². The van der Waals surface area contributed by atoms with Gasteiger partial charge in [-0.3, -0.25) is 4.99 Å². The van der Waals surface area contributed by atoms with Crippen LogP contribution in [0.1, 0.15) is 46.7 Å². The van der Waals surface area contributed by atoms with Crippen molar-refractivity contribution < 1.29 is 9.53 Å². The third-order valence-electron chi connectivity index (χ3n) is 4.62. The number of benzene rings is 1. The molecular weight excluding hydrogens is 527 g/mol. The van der Waals surface area contributed by atoms with Gasteiger partial charge in [0, 0.05) is 20.1 Å². The van der Waals surface area contributed by atoms with Gasteiger partial charge in [0.2, 0.25) is 0 Å². The first-order chi connectivity index (χ1) is 14.5. The topological polar surface area (TPSA) is 93.4 Å². The molecule has 0 radical (unpaired) electrons. The molecule has 2 N–H and O–H groups in total. The molecule has 0 aliphatic rings. The predicted octanol–water partition coefficient (Wildman–Crippen LogP) is 3.91. The Morgan fingerprint density at radius 3 is 2.87 bits per heavy atom. The summed E-state index contributed by atoms with van der Waals surface area (Å²) in [6.07, 6.45) is 2.81. The highest BCUT2D eigenvalue weighted by Crippen LogP contribution is 2.24. The van der Waals surface area contributed by atoms with Crippen LogP contribution in [0.2, 0.25) is 0 Å². The maximum atomic E-state index is 12.0. The van der Waals surface area contributed by atoms with Gasteiger partial charge in [-0.25, -0.2) is 14.8 Å². The molecule has 2 heterocycles. The monoisotopic (exact) mass is 556 g/mol. The lowest BCUT2D eigenvalue weighted by molar-refractivity contribution is 0.0531. The summed E-state index contributed by atoms with van der Waals surface area (Å²) in [6.45, 7) is 7.61.